The van der Waals surface area contributed by atoms with Gasteiger partial charge in [0, 0.05) is 193 Å². The Hall–Kier alpha value is -13.8. The first-order valence-electron chi connectivity index (χ1n) is 37.8. The quantitative estimate of drug-likeness (QED) is 0.148. The standard InChI is InChI=1S/3C12H12N2.5C11H11N3/c1-9-7-10-11-5-3-4-6-14(11)8-12(10)13(9)2;1-9-7-10-8-14-6-4-3-5-11(14)12(10)13(9)2;1-8-13-12-10-6-4-3-5-9(10)7-11(12)14(8)2;1-8-11-9(7-13(8)2)14-6-4-3-5-10(14)12-11;1-8-11-9(7-13(8)2)12-10-5-3-4-6-14(10)11;1-8-7-9-11(13(8)2)12-10-5-3-4-6-14(9)10;1-8-7-9-11(13(8)2)14-6-4-3-5-10(14)12-9;1-8-7-14-10-6-4-3-5-9(10)12-11(14)13(8)2/h2*3-8H,1-2H3;3-6H,7H2,1-2H3;5*3-7H,1-2H3. The second kappa shape index (κ2) is 28.3. The van der Waals surface area contributed by atoms with Crippen LogP contribution in [-0.4, -0.2) is 97.2 Å². The molecule has 560 valence electrons. The highest BCUT2D eigenvalue weighted by atomic mass is 15.2. The Kier molecular flexibility index (Phi) is 18.0. The highest BCUT2D eigenvalue weighted by Crippen LogP contribution is 2.36. The molecule has 0 unspecified atom stereocenters. The molecule has 0 aliphatic heterocycles. The highest BCUT2D eigenvalue weighted by molar-refractivity contribution is 5.97. The predicted octanol–water partition coefficient (Wildman–Crippen LogP) is 18.5. The number of para-hydroxylation sites is 2. The Morgan fingerprint density at radius 3 is 1.62 bits per heavy atom. The van der Waals surface area contributed by atoms with Crippen LogP contribution < -0.4 is 0 Å². The van der Waals surface area contributed by atoms with Gasteiger partial charge in [-0.3, -0.25) is 22.0 Å². The second-order valence-corrected chi connectivity index (χ2v) is 29.4. The molecular formula is C91H91N21. The molecule has 1 aliphatic carbocycles. The molecule has 24 rings (SSSR count). The molecule has 112 heavy (non-hydrogen) atoms. The average Bonchev–Trinajstić information content (AvgIpc) is 1.15. The fourth-order valence-corrected chi connectivity index (χ4v) is 15.6. The lowest BCUT2D eigenvalue weighted by molar-refractivity contribution is 0.810. The molecule has 1 aliphatic rings. The highest BCUT2D eigenvalue weighted by Gasteiger charge is 2.24. The van der Waals surface area contributed by atoms with Crippen LogP contribution >= 0.6 is 0 Å². The summed E-state index contributed by atoms with van der Waals surface area (Å²) in [5.74, 6) is 2.10. The van der Waals surface area contributed by atoms with Gasteiger partial charge in [0.2, 0.25) is 5.78 Å². The number of nitrogens with zero attached hydrogens (tertiary/aromatic N) is 21. The fraction of sp³-hybridized carbons (Fsp3) is 0.187. The van der Waals surface area contributed by atoms with Crippen molar-refractivity contribution in [1.82, 2.24) is 97.2 Å². The van der Waals surface area contributed by atoms with E-state index in [2.05, 4.69) is 321 Å². The first kappa shape index (κ1) is 71.1. The molecule has 21 nitrogen and oxygen atoms in total. The molecule has 23 aromatic rings. The number of rotatable bonds is 0. The minimum Gasteiger partial charge on any atom is -0.351 e. The number of fused-ring (bicyclic) bond motifs is 24. The average molecular weight is 1480 g/mol. The number of imidazole rings is 7. The third-order valence-electron chi connectivity index (χ3n) is 22.6. The van der Waals surface area contributed by atoms with Gasteiger partial charge in [0.25, 0.3) is 0 Å². The van der Waals surface area contributed by atoms with Crippen LogP contribution in [-0.2, 0) is 62.8 Å². The fourth-order valence-electron chi connectivity index (χ4n) is 15.6. The maximum Gasteiger partial charge on any atom is 0.214 e. The minimum atomic E-state index is 1.00. The van der Waals surface area contributed by atoms with Crippen LogP contribution in [0.5, 0.6) is 0 Å². The molecule has 0 saturated heterocycles. The second-order valence-electron chi connectivity index (χ2n) is 29.4. The van der Waals surface area contributed by atoms with E-state index in [1.807, 2.05) is 138 Å². The monoisotopic (exact) mass is 1480 g/mol. The van der Waals surface area contributed by atoms with Crippen molar-refractivity contribution in [3.05, 3.63) is 307 Å². The van der Waals surface area contributed by atoms with Crippen LogP contribution in [0.15, 0.2) is 250 Å². The van der Waals surface area contributed by atoms with Crippen LogP contribution in [0.4, 0.5) is 0 Å². The SMILES string of the molecule is Cc1c2c(cn1C)nc1ccccn12.Cc1c2nc3ccccn3c2cn1C.Cc1cc2c(cn3ccccc23)n1C.Cc1cc2c(nc3ccccn32)n1C.Cc1cc2cn3ccccc3c2n1C.Cc1cc2nc3ccccn3c2n1C.Cc1cn2c3ccccc3nc2n1C.Cc1nc2c(n1C)Cc1ccccc1-2. The van der Waals surface area contributed by atoms with Crippen molar-refractivity contribution in [3.8, 4) is 11.3 Å². The van der Waals surface area contributed by atoms with Gasteiger partial charge in [-0.15, -0.1) is 0 Å². The largest absolute Gasteiger partial charge is 0.351 e. The summed E-state index contributed by atoms with van der Waals surface area (Å²) < 4.78 is 32.2. The van der Waals surface area contributed by atoms with Crippen LogP contribution in [0.3, 0.4) is 0 Å². The van der Waals surface area contributed by atoms with Crippen LogP contribution in [0.2, 0.25) is 0 Å². The van der Waals surface area contributed by atoms with E-state index in [4.69, 9.17) is 0 Å². The Morgan fingerprint density at radius 1 is 0.321 bits per heavy atom. The summed E-state index contributed by atoms with van der Waals surface area (Å²) in [4.78, 5) is 27.4. The smallest absolute Gasteiger partial charge is 0.214 e. The molecule has 0 saturated carbocycles. The molecule has 0 atom stereocenters. The molecule has 0 amide bonds. The Labute approximate surface area is 646 Å². The molecular weight excluding hydrogens is 1390 g/mol. The first-order valence-corrected chi connectivity index (χ1v) is 37.8. The number of hydrogen-bond acceptors (Lipinski definition) is 6. The van der Waals surface area contributed by atoms with Gasteiger partial charge in [-0.1, -0.05) is 72.8 Å². The molecule has 21 heteroatoms. The molecule has 2 aromatic carbocycles. The van der Waals surface area contributed by atoms with Crippen molar-refractivity contribution in [2.24, 2.45) is 56.4 Å². The molecule has 21 aromatic heterocycles. The van der Waals surface area contributed by atoms with Crippen LogP contribution in [0.25, 0.3) is 128 Å². The van der Waals surface area contributed by atoms with Gasteiger partial charge in [0.05, 0.1) is 55.3 Å². The van der Waals surface area contributed by atoms with E-state index >= 15 is 0 Å². The summed E-state index contributed by atoms with van der Waals surface area (Å²) in [7, 11) is 16.6. The Balaban J connectivity index is 0.0000000929. The number of pyridine rings is 6. The van der Waals surface area contributed by atoms with Gasteiger partial charge >= 0.3 is 0 Å². The van der Waals surface area contributed by atoms with Gasteiger partial charge in [-0.05, 0) is 170 Å². The van der Waals surface area contributed by atoms with E-state index in [1.54, 1.807) is 0 Å². The van der Waals surface area contributed by atoms with Crippen molar-refractivity contribution < 1.29 is 0 Å². The molecule has 0 fully saturated rings. The number of hydrogen-bond donors (Lipinski definition) is 0. The van der Waals surface area contributed by atoms with Gasteiger partial charge in [0.1, 0.15) is 50.6 Å². The number of aromatic nitrogens is 21. The van der Waals surface area contributed by atoms with E-state index in [0.29, 0.717) is 0 Å². The predicted molar refractivity (Wildman–Crippen MR) is 455 cm³/mol. The summed E-state index contributed by atoms with van der Waals surface area (Å²) >= 11 is 0. The molecule has 0 N–H and O–H groups in total. The lowest BCUT2D eigenvalue weighted by Crippen LogP contribution is -1.97. The molecule has 21 heterocycles. The van der Waals surface area contributed by atoms with Crippen molar-refractivity contribution in [2.75, 3.05) is 0 Å². The van der Waals surface area contributed by atoms with Crippen molar-refractivity contribution in [3.63, 3.8) is 0 Å². The number of aryl methyl sites for hydroxylation is 15. The Morgan fingerprint density at radius 2 is 0.884 bits per heavy atom. The maximum absolute atomic E-state index is 4.60. The van der Waals surface area contributed by atoms with E-state index in [0.717, 1.165) is 74.0 Å². The van der Waals surface area contributed by atoms with E-state index in [-0.39, 0.29) is 0 Å². The topological polar surface area (TPSA) is 148 Å². The first-order chi connectivity index (χ1) is 54.2. The van der Waals surface area contributed by atoms with Gasteiger partial charge in [-0.25, -0.2) is 29.9 Å². The van der Waals surface area contributed by atoms with Crippen LogP contribution in [0.1, 0.15) is 56.9 Å². The van der Waals surface area contributed by atoms with Gasteiger partial charge < -0.3 is 45.3 Å². The van der Waals surface area contributed by atoms with Crippen molar-refractivity contribution in [2.45, 2.75) is 61.8 Å². The minimum absolute atomic E-state index is 1.00. The van der Waals surface area contributed by atoms with E-state index in [9.17, 15) is 0 Å². The summed E-state index contributed by atoms with van der Waals surface area (Å²) in [5.41, 5.74) is 34.5. The lowest BCUT2D eigenvalue weighted by atomic mass is 10.1. The third-order valence-corrected chi connectivity index (χ3v) is 22.6. The normalized spacial score (nSPS) is 11.7. The molecule has 0 bridgehead atoms. The zero-order valence-electron chi connectivity index (χ0n) is 66.3. The zero-order valence-corrected chi connectivity index (χ0v) is 66.3. The zero-order chi connectivity index (χ0) is 77.7. The molecule has 0 spiro atoms. The summed E-state index contributed by atoms with van der Waals surface area (Å²) in [6, 6.07) is 62.3. The van der Waals surface area contributed by atoms with Gasteiger partial charge in [0.15, 0.2) is 5.65 Å². The Bertz CT molecular complexity index is 6730. The lowest BCUT2D eigenvalue weighted by Gasteiger charge is -1.99. The van der Waals surface area contributed by atoms with Crippen molar-refractivity contribution in [1.29, 1.82) is 0 Å². The van der Waals surface area contributed by atoms with Crippen molar-refractivity contribution >= 4 is 117 Å². The molecule has 0 radical (unpaired) electrons. The van der Waals surface area contributed by atoms with Gasteiger partial charge in [-0.2, -0.15) is 0 Å². The summed E-state index contributed by atoms with van der Waals surface area (Å²) in [6.07, 6.45) is 24.1. The summed E-state index contributed by atoms with van der Waals surface area (Å²) in [5, 5.41) is 2.65. The maximum atomic E-state index is 4.60. The summed E-state index contributed by atoms with van der Waals surface area (Å²) in [6.45, 7) is 16.8. The third kappa shape index (κ3) is 12.3. The van der Waals surface area contributed by atoms with Crippen LogP contribution in [0, 0.1) is 55.4 Å². The van der Waals surface area contributed by atoms with E-state index < -0.39 is 0 Å². The number of benzene rings is 2. The van der Waals surface area contributed by atoms with E-state index in [1.165, 1.54) is 117 Å².